The third-order valence-electron chi connectivity index (χ3n) is 1.53. The number of nitrogens with two attached hydrogens (primary N) is 1. The van der Waals surface area contributed by atoms with Crippen LogP contribution in [0.25, 0.3) is 10.7 Å². The molecule has 0 saturated carbocycles. The van der Waals surface area contributed by atoms with Gasteiger partial charge in [0, 0.05) is 11.6 Å². The maximum absolute atomic E-state index is 5.77. The summed E-state index contributed by atoms with van der Waals surface area (Å²) in [5.41, 5.74) is 6.78. The molecule has 0 radical (unpaired) electrons. The van der Waals surface area contributed by atoms with Crippen molar-refractivity contribution in [1.82, 2.24) is 9.97 Å². The summed E-state index contributed by atoms with van der Waals surface area (Å²) < 4.78 is 0. The molecule has 2 N–H and O–H groups in total. The largest absolute Gasteiger partial charge is 0.396 e. The van der Waals surface area contributed by atoms with Crippen molar-refractivity contribution in [3.63, 3.8) is 0 Å². The van der Waals surface area contributed by atoms with Crippen LogP contribution >= 0.6 is 22.9 Å². The Morgan fingerprint density at radius 3 is 2.85 bits per heavy atom. The van der Waals surface area contributed by atoms with Gasteiger partial charge < -0.3 is 5.73 Å². The number of rotatable bonds is 1. The van der Waals surface area contributed by atoms with Crippen LogP contribution in [0, 0.1) is 0 Å². The highest BCUT2D eigenvalue weighted by atomic mass is 35.5. The summed E-state index contributed by atoms with van der Waals surface area (Å²) in [7, 11) is 0. The molecule has 5 heteroatoms. The lowest BCUT2D eigenvalue weighted by atomic mass is 10.3. The van der Waals surface area contributed by atoms with Crippen LogP contribution in [0.4, 0.5) is 5.69 Å². The number of pyridine rings is 1. The Labute approximate surface area is 84.2 Å². The van der Waals surface area contributed by atoms with E-state index in [2.05, 4.69) is 9.97 Å². The van der Waals surface area contributed by atoms with Crippen molar-refractivity contribution < 1.29 is 0 Å². The van der Waals surface area contributed by atoms with Crippen molar-refractivity contribution >= 4 is 28.6 Å². The van der Waals surface area contributed by atoms with Crippen LogP contribution in [0.2, 0.25) is 5.15 Å². The molecule has 0 unspecified atom stereocenters. The number of nitrogen functional groups attached to an aromatic ring is 1. The molecule has 0 amide bonds. The normalized spacial score (nSPS) is 10.2. The molecule has 2 aromatic heterocycles. The van der Waals surface area contributed by atoms with Gasteiger partial charge in [-0.15, -0.1) is 11.3 Å². The maximum Gasteiger partial charge on any atom is 0.152 e. The second-order valence-electron chi connectivity index (χ2n) is 2.41. The smallest absolute Gasteiger partial charge is 0.152 e. The van der Waals surface area contributed by atoms with E-state index in [1.807, 2.05) is 5.38 Å². The third kappa shape index (κ3) is 1.64. The van der Waals surface area contributed by atoms with Crippen molar-refractivity contribution in [1.29, 1.82) is 0 Å². The fraction of sp³-hybridized carbons (Fsp3) is 0. The van der Waals surface area contributed by atoms with Crippen LogP contribution in [0.1, 0.15) is 0 Å². The molecule has 3 nitrogen and oxygen atoms in total. The Morgan fingerprint density at radius 2 is 2.23 bits per heavy atom. The number of thiazole rings is 1. The van der Waals surface area contributed by atoms with Gasteiger partial charge in [0.2, 0.25) is 0 Å². The second kappa shape index (κ2) is 3.32. The molecule has 0 spiro atoms. The molecule has 13 heavy (non-hydrogen) atoms. The number of halogens is 1. The van der Waals surface area contributed by atoms with Crippen molar-refractivity contribution in [2.24, 2.45) is 0 Å². The van der Waals surface area contributed by atoms with Gasteiger partial charge in [0.15, 0.2) is 5.15 Å². The summed E-state index contributed by atoms with van der Waals surface area (Å²) in [6, 6.07) is 3.53. The van der Waals surface area contributed by atoms with Gasteiger partial charge in [-0.2, -0.15) is 0 Å². The lowest BCUT2D eigenvalue weighted by Gasteiger charge is -1.98. The first-order chi connectivity index (χ1) is 6.27. The van der Waals surface area contributed by atoms with E-state index < -0.39 is 0 Å². The number of hydrogen-bond acceptors (Lipinski definition) is 4. The van der Waals surface area contributed by atoms with E-state index in [1.54, 1.807) is 18.3 Å². The van der Waals surface area contributed by atoms with Gasteiger partial charge in [-0.05, 0) is 12.1 Å². The lowest BCUT2D eigenvalue weighted by molar-refractivity contribution is 1.29. The number of hydrogen-bond donors (Lipinski definition) is 1. The Bertz CT molecular complexity index is 413. The number of aromatic nitrogens is 2. The first-order valence-electron chi connectivity index (χ1n) is 3.59. The monoisotopic (exact) mass is 211 g/mol. The zero-order valence-corrected chi connectivity index (χ0v) is 8.14. The van der Waals surface area contributed by atoms with Gasteiger partial charge in [-0.3, -0.25) is 0 Å². The Morgan fingerprint density at radius 1 is 1.38 bits per heavy atom. The lowest BCUT2D eigenvalue weighted by Crippen LogP contribution is -1.90. The zero-order valence-electron chi connectivity index (χ0n) is 6.57. The van der Waals surface area contributed by atoms with Gasteiger partial charge in [-0.25, -0.2) is 9.97 Å². The van der Waals surface area contributed by atoms with Crippen LogP contribution in [0.15, 0.2) is 23.7 Å². The van der Waals surface area contributed by atoms with Crippen LogP contribution in [0.3, 0.4) is 0 Å². The molecule has 2 rings (SSSR count). The van der Waals surface area contributed by atoms with Gasteiger partial charge in [-0.1, -0.05) is 11.6 Å². The van der Waals surface area contributed by atoms with Gasteiger partial charge in [0.05, 0.1) is 5.69 Å². The summed E-state index contributed by atoms with van der Waals surface area (Å²) in [4.78, 5) is 8.22. The van der Waals surface area contributed by atoms with E-state index >= 15 is 0 Å². The summed E-state index contributed by atoms with van der Waals surface area (Å²) in [5.74, 6) is 0. The van der Waals surface area contributed by atoms with Crippen molar-refractivity contribution in [3.8, 4) is 10.7 Å². The Kier molecular flexibility index (Phi) is 2.16. The second-order valence-corrected chi connectivity index (χ2v) is 3.67. The summed E-state index contributed by atoms with van der Waals surface area (Å²) in [6.07, 6.45) is 1.73. The highest BCUT2D eigenvalue weighted by molar-refractivity contribution is 7.13. The van der Waals surface area contributed by atoms with E-state index in [0.29, 0.717) is 10.8 Å². The van der Waals surface area contributed by atoms with E-state index in [1.165, 1.54) is 11.3 Å². The molecule has 0 aliphatic carbocycles. The van der Waals surface area contributed by atoms with Gasteiger partial charge in [0.1, 0.15) is 10.7 Å². The quantitative estimate of drug-likeness (QED) is 0.738. The minimum Gasteiger partial charge on any atom is -0.396 e. The molecule has 0 aliphatic rings. The zero-order chi connectivity index (χ0) is 9.26. The first kappa shape index (κ1) is 8.47. The highest BCUT2D eigenvalue weighted by Gasteiger charge is 2.04. The molecule has 2 aromatic rings. The molecule has 0 fully saturated rings. The van der Waals surface area contributed by atoms with Crippen molar-refractivity contribution in [2.75, 3.05) is 5.73 Å². The first-order valence-corrected chi connectivity index (χ1v) is 4.85. The third-order valence-corrected chi connectivity index (χ3v) is 2.63. The highest BCUT2D eigenvalue weighted by Crippen LogP contribution is 2.24. The van der Waals surface area contributed by atoms with Crippen LogP contribution in [-0.4, -0.2) is 9.97 Å². The number of nitrogens with zero attached hydrogens (tertiary/aromatic N) is 2. The maximum atomic E-state index is 5.77. The average Bonchev–Trinajstić information content (AvgIpc) is 2.62. The summed E-state index contributed by atoms with van der Waals surface area (Å²) in [5, 5.41) is 3.07. The van der Waals surface area contributed by atoms with E-state index in [4.69, 9.17) is 17.3 Å². The Hall–Kier alpha value is -1.13. The topological polar surface area (TPSA) is 51.8 Å². The summed E-state index contributed by atoms with van der Waals surface area (Å²) in [6.45, 7) is 0. The van der Waals surface area contributed by atoms with E-state index in [0.717, 1.165) is 10.7 Å². The molecule has 0 aliphatic heterocycles. The molecule has 0 bridgehead atoms. The van der Waals surface area contributed by atoms with Crippen molar-refractivity contribution in [2.45, 2.75) is 0 Å². The minimum absolute atomic E-state index is 0.327. The van der Waals surface area contributed by atoms with E-state index in [-0.39, 0.29) is 0 Å². The molecule has 0 atom stereocenters. The average molecular weight is 212 g/mol. The molecule has 66 valence electrons. The predicted molar refractivity (Wildman–Crippen MR) is 54.8 cm³/mol. The SMILES string of the molecule is Nc1ccc(-c2nccs2)nc1Cl. The molecular formula is C8H6ClN3S. The standard InChI is InChI=1S/C8H6ClN3S/c9-7-5(10)1-2-6(12-7)8-11-3-4-13-8/h1-4H,10H2. The Balaban J connectivity index is 2.49. The predicted octanol–water partition coefficient (Wildman–Crippen LogP) is 2.44. The van der Waals surface area contributed by atoms with E-state index in [9.17, 15) is 0 Å². The summed E-state index contributed by atoms with van der Waals surface area (Å²) >= 11 is 7.29. The fourth-order valence-corrected chi connectivity index (χ4v) is 1.67. The number of anilines is 1. The molecule has 2 heterocycles. The molecular weight excluding hydrogens is 206 g/mol. The van der Waals surface area contributed by atoms with Gasteiger partial charge in [0.25, 0.3) is 0 Å². The van der Waals surface area contributed by atoms with Crippen LogP contribution in [-0.2, 0) is 0 Å². The van der Waals surface area contributed by atoms with Gasteiger partial charge >= 0.3 is 0 Å². The van der Waals surface area contributed by atoms with Crippen molar-refractivity contribution in [3.05, 3.63) is 28.9 Å². The fourth-order valence-electron chi connectivity index (χ4n) is 0.914. The molecule has 0 aromatic carbocycles. The van der Waals surface area contributed by atoms with Crippen LogP contribution in [0.5, 0.6) is 0 Å². The van der Waals surface area contributed by atoms with Crippen LogP contribution < -0.4 is 5.73 Å². The minimum atomic E-state index is 0.327. The molecule has 0 saturated heterocycles.